The first-order valence-corrected chi connectivity index (χ1v) is 10.8. The minimum Gasteiger partial charge on any atom is -0.497 e. The Labute approximate surface area is 184 Å². The number of nitrogens with one attached hydrogen (secondary N) is 1. The molecule has 4 rings (SSSR count). The van der Waals surface area contributed by atoms with Gasteiger partial charge in [0.05, 0.1) is 26.3 Å². The number of ether oxygens (including phenoxy) is 2. The fourth-order valence-corrected chi connectivity index (χ4v) is 4.23. The summed E-state index contributed by atoms with van der Waals surface area (Å²) in [4.78, 5) is 31.6. The van der Waals surface area contributed by atoms with Crippen molar-refractivity contribution in [3.8, 4) is 11.5 Å². The molecular weight excluding hydrogens is 414 g/mol. The number of thiazole rings is 1. The number of rotatable bonds is 6. The van der Waals surface area contributed by atoms with E-state index in [1.165, 1.54) is 36.7 Å². The Hall–Kier alpha value is -3.39. The van der Waals surface area contributed by atoms with E-state index in [-0.39, 0.29) is 18.2 Å². The van der Waals surface area contributed by atoms with Crippen LogP contribution in [0.4, 0.5) is 5.13 Å². The molecule has 2 heterocycles. The SMILES string of the molecule is COc1cc(OC)cc(C(=O)Nc2nc(CC(=O)N3CCc4ccccc4C3)cs2)c1. The van der Waals surface area contributed by atoms with Crippen LogP contribution >= 0.6 is 11.3 Å². The Kier molecular flexibility index (Phi) is 6.18. The number of anilines is 1. The number of methoxy groups -OCH3 is 2. The summed E-state index contributed by atoms with van der Waals surface area (Å²) in [7, 11) is 3.06. The number of amides is 2. The first kappa shape index (κ1) is 20.9. The molecule has 0 saturated carbocycles. The van der Waals surface area contributed by atoms with Crippen LogP contribution in [-0.2, 0) is 24.2 Å². The Morgan fingerprint density at radius 1 is 1.10 bits per heavy atom. The molecule has 160 valence electrons. The zero-order chi connectivity index (χ0) is 21.8. The van der Waals surface area contributed by atoms with E-state index in [2.05, 4.69) is 22.4 Å². The topological polar surface area (TPSA) is 80.8 Å². The molecule has 0 saturated heterocycles. The van der Waals surface area contributed by atoms with Gasteiger partial charge in [0.15, 0.2) is 5.13 Å². The Morgan fingerprint density at radius 2 is 1.81 bits per heavy atom. The molecule has 1 aliphatic rings. The van der Waals surface area contributed by atoms with Crippen molar-refractivity contribution in [2.75, 3.05) is 26.1 Å². The van der Waals surface area contributed by atoms with E-state index in [0.717, 1.165) is 6.42 Å². The van der Waals surface area contributed by atoms with E-state index < -0.39 is 0 Å². The van der Waals surface area contributed by atoms with Crippen LogP contribution in [-0.4, -0.2) is 42.5 Å². The van der Waals surface area contributed by atoms with Gasteiger partial charge in [0, 0.05) is 30.1 Å². The molecule has 0 bridgehead atoms. The summed E-state index contributed by atoms with van der Waals surface area (Å²) < 4.78 is 10.4. The minimum absolute atomic E-state index is 0.0372. The first-order valence-electron chi connectivity index (χ1n) is 9.89. The number of carbonyl (C=O) groups excluding carboxylic acids is 2. The summed E-state index contributed by atoms with van der Waals surface area (Å²) in [6.07, 6.45) is 1.08. The Balaban J connectivity index is 1.38. The van der Waals surface area contributed by atoms with Crippen LogP contribution in [0, 0.1) is 0 Å². The maximum atomic E-state index is 12.7. The molecule has 8 heteroatoms. The van der Waals surface area contributed by atoms with E-state index in [0.29, 0.717) is 41.0 Å². The number of hydrogen-bond acceptors (Lipinski definition) is 6. The highest BCUT2D eigenvalue weighted by molar-refractivity contribution is 7.14. The van der Waals surface area contributed by atoms with E-state index in [1.54, 1.807) is 23.6 Å². The summed E-state index contributed by atoms with van der Waals surface area (Å²) in [5, 5.41) is 5.03. The van der Waals surface area contributed by atoms with Gasteiger partial charge in [-0.2, -0.15) is 0 Å². The second kappa shape index (κ2) is 9.18. The molecule has 31 heavy (non-hydrogen) atoms. The maximum Gasteiger partial charge on any atom is 0.257 e. The number of benzene rings is 2. The number of nitrogens with zero attached hydrogens (tertiary/aromatic N) is 2. The molecule has 2 amide bonds. The standard InChI is InChI=1S/C23H23N3O4S/c1-29-19-9-17(10-20(12-19)30-2)22(28)25-23-24-18(14-31-23)11-21(27)26-8-7-15-5-3-4-6-16(15)13-26/h3-6,9-10,12,14H,7-8,11,13H2,1-2H3,(H,24,25,28). The van der Waals surface area contributed by atoms with Crippen LogP contribution < -0.4 is 14.8 Å². The van der Waals surface area contributed by atoms with Crippen molar-refractivity contribution in [3.05, 3.63) is 70.2 Å². The van der Waals surface area contributed by atoms with Crippen molar-refractivity contribution in [1.29, 1.82) is 0 Å². The molecule has 1 aliphatic heterocycles. The molecule has 0 atom stereocenters. The lowest BCUT2D eigenvalue weighted by atomic mass is 10.00. The van der Waals surface area contributed by atoms with Crippen LogP contribution in [0.5, 0.6) is 11.5 Å². The lowest BCUT2D eigenvalue weighted by Crippen LogP contribution is -2.36. The zero-order valence-corrected chi connectivity index (χ0v) is 18.2. The molecule has 7 nitrogen and oxygen atoms in total. The second-order valence-corrected chi connectivity index (χ2v) is 8.07. The minimum atomic E-state index is -0.322. The normalized spacial score (nSPS) is 12.8. The summed E-state index contributed by atoms with van der Waals surface area (Å²) in [5.41, 5.74) is 3.55. The first-order chi connectivity index (χ1) is 15.1. The predicted molar refractivity (Wildman–Crippen MR) is 119 cm³/mol. The van der Waals surface area contributed by atoms with Gasteiger partial charge in [-0.05, 0) is 29.7 Å². The van der Waals surface area contributed by atoms with Gasteiger partial charge in [0.25, 0.3) is 5.91 Å². The van der Waals surface area contributed by atoms with Gasteiger partial charge < -0.3 is 14.4 Å². The highest BCUT2D eigenvalue weighted by atomic mass is 32.1. The smallest absolute Gasteiger partial charge is 0.257 e. The lowest BCUT2D eigenvalue weighted by Gasteiger charge is -2.28. The molecule has 3 aromatic rings. The quantitative estimate of drug-likeness (QED) is 0.638. The average Bonchev–Trinajstić information content (AvgIpc) is 3.24. The van der Waals surface area contributed by atoms with E-state index in [1.807, 2.05) is 17.0 Å². The monoisotopic (exact) mass is 437 g/mol. The molecule has 2 aromatic carbocycles. The summed E-state index contributed by atoms with van der Waals surface area (Å²) >= 11 is 1.29. The fourth-order valence-electron chi connectivity index (χ4n) is 3.53. The van der Waals surface area contributed by atoms with Gasteiger partial charge in [-0.3, -0.25) is 14.9 Å². The van der Waals surface area contributed by atoms with Crippen LogP contribution in [0.3, 0.4) is 0 Å². The molecular formula is C23H23N3O4S. The summed E-state index contributed by atoms with van der Waals surface area (Å²) in [5.74, 6) is 0.767. The summed E-state index contributed by atoms with van der Waals surface area (Å²) in [6, 6.07) is 13.2. The van der Waals surface area contributed by atoms with Crippen molar-refractivity contribution in [1.82, 2.24) is 9.88 Å². The van der Waals surface area contributed by atoms with Crippen LogP contribution in [0.15, 0.2) is 47.8 Å². The Bertz CT molecular complexity index is 1090. The predicted octanol–water partition coefficient (Wildman–Crippen LogP) is 3.54. The maximum absolute atomic E-state index is 12.7. The fraction of sp³-hybridized carbons (Fsp3) is 0.261. The third kappa shape index (κ3) is 4.86. The van der Waals surface area contributed by atoms with Gasteiger partial charge in [0.1, 0.15) is 11.5 Å². The molecule has 0 unspecified atom stereocenters. The molecule has 0 spiro atoms. The molecule has 1 N–H and O–H groups in total. The lowest BCUT2D eigenvalue weighted by molar-refractivity contribution is -0.131. The molecule has 0 radical (unpaired) electrons. The van der Waals surface area contributed by atoms with Gasteiger partial charge in [0.2, 0.25) is 5.91 Å². The zero-order valence-electron chi connectivity index (χ0n) is 17.4. The van der Waals surface area contributed by atoms with Crippen molar-refractivity contribution in [2.24, 2.45) is 0 Å². The van der Waals surface area contributed by atoms with Gasteiger partial charge in [-0.25, -0.2) is 4.98 Å². The number of hydrogen-bond donors (Lipinski definition) is 1. The van der Waals surface area contributed by atoms with E-state index in [9.17, 15) is 9.59 Å². The molecule has 0 aliphatic carbocycles. The van der Waals surface area contributed by atoms with E-state index >= 15 is 0 Å². The van der Waals surface area contributed by atoms with Crippen LogP contribution in [0.25, 0.3) is 0 Å². The highest BCUT2D eigenvalue weighted by Crippen LogP contribution is 2.24. The van der Waals surface area contributed by atoms with Gasteiger partial charge >= 0.3 is 0 Å². The number of carbonyl (C=O) groups is 2. The largest absolute Gasteiger partial charge is 0.497 e. The van der Waals surface area contributed by atoms with Gasteiger partial charge in [-0.15, -0.1) is 11.3 Å². The van der Waals surface area contributed by atoms with Crippen molar-refractivity contribution >= 4 is 28.3 Å². The summed E-state index contributed by atoms with van der Waals surface area (Å²) in [6.45, 7) is 1.33. The van der Waals surface area contributed by atoms with Gasteiger partial charge in [-0.1, -0.05) is 24.3 Å². The second-order valence-electron chi connectivity index (χ2n) is 7.21. The third-order valence-electron chi connectivity index (χ3n) is 5.20. The number of aromatic nitrogens is 1. The molecule has 1 aromatic heterocycles. The van der Waals surface area contributed by atoms with Crippen molar-refractivity contribution in [3.63, 3.8) is 0 Å². The van der Waals surface area contributed by atoms with E-state index in [4.69, 9.17) is 9.47 Å². The number of fused-ring (bicyclic) bond motifs is 1. The van der Waals surface area contributed by atoms with Crippen molar-refractivity contribution < 1.29 is 19.1 Å². The van der Waals surface area contributed by atoms with Crippen LogP contribution in [0.2, 0.25) is 0 Å². The van der Waals surface area contributed by atoms with Crippen LogP contribution in [0.1, 0.15) is 27.2 Å². The third-order valence-corrected chi connectivity index (χ3v) is 6.01. The highest BCUT2D eigenvalue weighted by Gasteiger charge is 2.21. The van der Waals surface area contributed by atoms with Crippen molar-refractivity contribution in [2.45, 2.75) is 19.4 Å². The Morgan fingerprint density at radius 3 is 2.52 bits per heavy atom. The molecule has 0 fully saturated rings. The average molecular weight is 438 g/mol.